The van der Waals surface area contributed by atoms with Crippen LogP contribution in [-0.2, 0) is 50.6 Å². The number of esters is 3. The molecule has 3 N–H and O–H groups in total. The number of methoxy groups -OCH3 is 4. The summed E-state index contributed by atoms with van der Waals surface area (Å²) in [6.45, 7) is 8.47. The van der Waals surface area contributed by atoms with Gasteiger partial charge in [0.25, 0.3) is 0 Å². The van der Waals surface area contributed by atoms with E-state index in [4.69, 9.17) is 23.7 Å². The summed E-state index contributed by atoms with van der Waals surface area (Å²) in [5.74, 6) is -1.70. The third-order valence-corrected chi connectivity index (χ3v) is 15.7. The Hall–Kier alpha value is -4.47. The summed E-state index contributed by atoms with van der Waals surface area (Å²) in [5.41, 5.74) is -2.08. The highest BCUT2D eigenvalue weighted by Gasteiger charge is 2.81. The van der Waals surface area contributed by atoms with Crippen LogP contribution in [0.2, 0.25) is 0 Å². The summed E-state index contributed by atoms with van der Waals surface area (Å²) in [6.07, 6.45) is 5.73. The van der Waals surface area contributed by atoms with Gasteiger partial charge in [-0.05, 0) is 74.2 Å². The molecule has 1 saturated carbocycles. The minimum Gasteiger partial charge on any atom is -0.496 e. The number of carbonyl (C=O) groups is 3. The first-order valence-corrected chi connectivity index (χ1v) is 21.8. The Balaban J connectivity index is 1.38. The van der Waals surface area contributed by atoms with Crippen molar-refractivity contribution in [3.8, 4) is 5.75 Å². The molecule has 328 valence electrons. The number of ether oxygens (including phenoxy) is 5. The van der Waals surface area contributed by atoms with Crippen LogP contribution in [0.4, 0.5) is 5.69 Å². The third-order valence-electron chi connectivity index (χ3n) is 15.7. The number of para-hydroxylation sites is 1. The van der Waals surface area contributed by atoms with Crippen LogP contribution < -0.4 is 9.64 Å². The number of nitrogens with one attached hydrogen (secondary N) is 1. The average molecular weight is 841 g/mol. The lowest BCUT2D eigenvalue weighted by atomic mass is 9.47. The second kappa shape index (κ2) is 14.8. The van der Waals surface area contributed by atoms with E-state index in [1.54, 1.807) is 14.2 Å². The number of rotatable bonds is 9. The molecule has 5 aliphatic heterocycles. The van der Waals surface area contributed by atoms with Gasteiger partial charge in [0.1, 0.15) is 17.9 Å². The largest absolute Gasteiger partial charge is 0.496 e. The number of fused-ring (bicyclic) bond motifs is 6. The van der Waals surface area contributed by atoms with E-state index in [0.29, 0.717) is 88.2 Å². The van der Waals surface area contributed by atoms with E-state index in [-0.39, 0.29) is 18.7 Å². The average Bonchev–Trinajstić information content (AvgIpc) is 3.93. The fourth-order valence-electron chi connectivity index (χ4n) is 13.6. The van der Waals surface area contributed by atoms with Gasteiger partial charge >= 0.3 is 17.9 Å². The summed E-state index contributed by atoms with van der Waals surface area (Å²) < 4.78 is 30.0. The Bertz CT molecular complexity index is 2300. The molecule has 2 bridgehead atoms. The molecule has 1 aliphatic carbocycles. The van der Waals surface area contributed by atoms with E-state index in [9.17, 15) is 19.8 Å². The zero-order chi connectivity index (χ0) is 43.3. The summed E-state index contributed by atoms with van der Waals surface area (Å²) >= 11 is 0. The third kappa shape index (κ3) is 5.60. The van der Waals surface area contributed by atoms with Gasteiger partial charge in [-0.3, -0.25) is 19.4 Å². The monoisotopic (exact) mass is 840 g/mol. The Labute approximate surface area is 357 Å². The van der Waals surface area contributed by atoms with E-state index >= 15 is 4.79 Å². The normalized spacial score (nSPS) is 36.1. The van der Waals surface area contributed by atoms with Crippen molar-refractivity contribution in [2.24, 2.45) is 11.3 Å². The highest BCUT2D eigenvalue weighted by atomic mass is 16.6. The number of H-pyrrole nitrogens is 1. The number of nitrogens with zero attached hydrogens (tertiary/aromatic N) is 3. The molecule has 61 heavy (non-hydrogen) atoms. The van der Waals surface area contributed by atoms with Gasteiger partial charge < -0.3 is 43.8 Å². The first-order chi connectivity index (χ1) is 29.3. The Kier molecular flexibility index (Phi) is 10.2. The Morgan fingerprint density at radius 2 is 1.70 bits per heavy atom. The first kappa shape index (κ1) is 41.9. The van der Waals surface area contributed by atoms with E-state index in [2.05, 4.69) is 26.9 Å². The van der Waals surface area contributed by atoms with Crippen LogP contribution in [0.25, 0.3) is 10.9 Å². The molecule has 0 amide bonds. The maximum Gasteiger partial charge on any atom is 0.344 e. The minimum absolute atomic E-state index is 0.0302. The van der Waals surface area contributed by atoms with E-state index in [0.717, 1.165) is 27.7 Å². The lowest BCUT2D eigenvalue weighted by molar-refractivity contribution is -0.229. The number of hydrogen-bond donors (Lipinski definition) is 3. The quantitative estimate of drug-likeness (QED) is 0.161. The molecule has 0 radical (unpaired) electrons. The van der Waals surface area contributed by atoms with Crippen molar-refractivity contribution in [2.75, 3.05) is 72.8 Å². The van der Waals surface area contributed by atoms with Crippen molar-refractivity contribution in [2.45, 2.75) is 99.5 Å². The van der Waals surface area contributed by atoms with Crippen LogP contribution in [0.1, 0.15) is 75.3 Å². The number of piperidine rings is 1. The molecule has 10 atom stereocenters. The second-order valence-electron chi connectivity index (χ2n) is 18.5. The molecule has 14 heteroatoms. The van der Waals surface area contributed by atoms with Crippen molar-refractivity contribution in [3.63, 3.8) is 0 Å². The maximum absolute atomic E-state index is 15.4. The smallest absolute Gasteiger partial charge is 0.344 e. The predicted octanol–water partition coefficient (Wildman–Crippen LogP) is 3.97. The molecule has 1 aromatic heterocycles. The molecule has 3 aromatic rings. The molecule has 14 nitrogen and oxygen atoms in total. The second-order valence-corrected chi connectivity index (χ2v) is 18.5. The number of aromatic nitrogens is 1. The van der Waals surface area contributed by atoms with E-state index in [1.165, 1.54) is 21.1 Å². The van der Waals surface area contributed by atoms with Gasteiger partial charge in [-0.2, -0.15) is 0 Å². The SMILES string of the molecule is CC[C@]1(O)C[C@@H]2CN(CCc3c([nH]c4ccccc34)[C@@](C(=O)OC)(c3cc4c(cc3OC)N(COC)[C@H]3[C@@](O)(C(=O)OC)[C@H](OC(C)=O)[C@]5(CC)C=CCN6CC[C@]43[C@@H]65)C2)C1. The van der Waals surface area contributed by atoms with E-state index in [1.807, 2.05) is 55.2 Å². The molecule has 3 fully saturated rings. The van der Waals surface area contributed by atoms with Crippen molar-refractivity contribution in [1.82, 2.24) is 14.8 Å². The number of benzene rings is 2. The first-order valence-electron chi connectivity index (χ1n) is 21.8. The van der Waals surface area contributed by atoms with E-state index < -0.39 is 57.5 Å². The highest BCUT2D eigenvalue weighted by molar-refractivity contribution is 5.95. The van der Waals surface area contributed by atoms with Gasteiger partial charge in [0.05, 0.1) is 33.0 Å². The van der Waals surface area contributed by atoms with Crippen molar-refractivity contribution in [3.05, 3.63) is 70.9 Å². The molecule has 6 heterocycles. The molecule has 6 aliphatic rings. The number of aliphatic hydroxyl groups is 2. The van der Waals surface area contributed by atoms with Crippen LogP contribution in [0.5, 0.6) is 5.75 Å². The zero-order valence-electron chi connectivity index (χ0n) is 36.4. The van der Waals surface area contributed by atoms with Gasteiger partial charge in [0.15, 0.2) is 6.10 Å². The van der Waals surface area contributed by atoms with Crippen LogP contribution in [-0.4, -0.2) is 140 Å². The van der Waals surface area contributed by atoms with Gasteiger partial charge in [0, 0.05) is 91.0 Å². The number of carbonyl (C=O) groups excluding carboxylic acids is 3. The van der Waals surface area contributed by atoms with Crippen LogP contribution >= 0.6 is 0 Å². The van der Waals surface area contributed by atoms with Crippen LogP contribution in [0.3, 0.4) is 0 Å². The molecule has 1 spiro atoms. The molecule has 1 unspecified atom stereocenters. The van der Waals surface area contributed by atoms with Crippen molar-refractivity contribution >= 4 is 34.5 Å². The topological polar surface area (TPSA) is 163 Å². The van der Waals surface area contributed by atoms with Gasteiger partial charge in [-0.1, -0.05) is 44.2 Å². The summed E-state index contributed by atoms with van der Waals surface area (Å²) in [5, 5.41) is 26.5. The van der Waals surface area contributed by atoms with Gasteiger partial charge in [0.2, 0.25) is 5.60 Å². The van der Waals surface area contributed by atoms with Crippen molar-refractivity contribution in [1.29, 1.82) is 0 Å². The number of hydrogen-bond acceptors (Lipinski definition) is 13. The predicted molar refractivity (Wildman–Crippen MR) is 226 cm³/mol. The lowest BCUT2D eigenvalue weighted by Gasteiger charge is -2.63. The van der Waals surface area contributed by atoms with Gasteiger partial charge in [-0.15, -0.1) is 0 Å². The zero-order valence-corrected chi connectivity index (χ0v) is 36.4. The minimum atomic E-state index is -2.38. The molecule has 2 saturated heterocycles. The standard InChI is InChI=1S/C47H60N4O10/c1-8-43(55)23-29-24-46(41(53)59-6,37-31(15-19-49(25-29)26-43)30-13-10-11-14-34(30)48-37)33-21-32-35(22-36(33)58-5)51(27-57-4)39-45(32)17-20-50-18-12-16-44(9-2,38(45)50)40(61-28(3)52)47(39,56)42(54)60-7/h10-14,16,21-22,29,38-40,48,55-56H,8-9,15,17-20,23-27H2,1-7H3/t29-,38-,39+,40+,43-,44+,45+,46-,47-/m0/s1. The fourth-order valence-corrected chi connectivity index (χ4v) is 13.6. The fraction of sp³-hybridized carbons (Fsp3) is 0.596. The van der Waals surface area contributed by atoms with Crippen LogP contribution in [0, 0.1) is 11.3 Å². The lowest BCUT2D eigenvalue weighted by Crippen LogP contribution is -2.81. The molecule has 9 rings (SSSR count). The number of anilines is 1. The summed E-state index contributed by atoms with van der Waals surface area (Å²) in [4.78, 5) is 53.4. The Morgan fingerprint density at radius 1 is 0.934 bits per heavy atom. The number of aromatic amines is 1. The Morgan fingerprint density at radius 3 is 2.39 bits per heavy atom. The van der Waals surface area contributed by atoms with Crippen molar-refractivity contribution < 1.29 is 48.3 Å². The maximum atomic E-state index is 15.4. The molecule has 2 aromatic carbocycles. The summed E-state index contributed by atoms with van der Waals surface area (Å²) in [7, 11) is 5.82. The highest BCUT2D eigenvalue weighted by Crippen LogP contribution is 2.68. The van der Waals surface area contributed by atoms with Crippen LogP contribution in [0.15, 0.2) is 48.6 Å². The molecular formula is C47H60N4O10. The van der Waals surface area contributed by atoms with Gasteiger partial charge in [-0.25, -0.2) is 4.79 Å². The molecular weight excluding hydrogens is 781 g/mol. The summed E-state index contributed by atoms with van der Waals surface area (Å²) in [6, 6.07) is 10.7.